The lowest BCUT2D eigenvalue weighted by atomic mass is 10.2. The summed E-state index contributed by atoms with van der Waals surface area (Å²) < 4.78 is 15.6. The van der Waals surface area contributed by atoms with E-state index in [4.69, 9.17) is 14.2 Å². The topological polar surface area (TPSA) is 60.0 Å². The summed E-state index contributed by atoms with van der Waals surface area (Å²) in [6, 6.07) is 3.11. The summed E-state index contributed by atoms with van der Waals surface area (Å²) in [4.78, 5) is 13.0. The highest BCUT2D eigenvalue weighted by molar-refractivity contribution is 5.89. The molecule has 0 saturated carbocycles. The van der Waals surface area contributed by atoms with Crippen molar-refractivity contribution in [1.82, 2.24) is 4.90 Å². The maximum atomic E-state index is 11.6. The van der Waals surface area contributed by atoms with Gasteiger partial charge in [-0.15, -0.1) is 0 Å². The van der Waals surface area contributed by atoms with E-state index in [1.807, 2.05) is 0 Å². The molecule has 0 fully saturated rings. The fraction of sp³-hybridized carbons (Fsp3) is 0.417. The van der Waals surface area contributed by atoms with Gasteiger partial charge in [-0.2, -0.15) is 0 Å². The number of nitrogens with one attached hydrogen (secondary N) is 1. The third-order valence-electron chi connectivity index (χ3n) is 2.32. The van der Waals surface area contributed by atoms with E-state index in [1.165, 1.54) is 26.2 Å². The molecule has 1 aromatic carbocycles. The number of hydrogen-bond acceptors (Lipinski definition) is 4. The number of amides is 2. The number of anilines is 1. The molecule has 0 aliphatic carbocycles. The maximum Gasteiger partial charge on any atom is 0.321 e. The van der Waals surface area contributed by atoms with Crippen LogP contribution in [0.25, 0.3) is 0 Å². The Balaban J connectivity index is 3.11. The fourth-order valence-corrected chi connectivity index (χ4v) is 1.39. The summed E-state index contributed by atoms with van der Waals surface area (Å²) in [5, 5.41) is 2.71. The van der Waals surface area contributed by atoms with Crippen LogP contribution >= 0.6 is 0 Å². The van der Waals surface area contributed by atoms with Crippen LogP contribution in [0.3, 0.4) is 0 Å². The predicted octanol–water partition coefficient (Wildman–Crippen LogP) is 1.81. The normalized spacial score (nSPS) is 9.61. The molecule has 1 aromatic rings. The van der Waals surface area contributed by atoms with Gasteiger partial charge in [0.1, 0.15) is 0 Å². The first-order chi connectivity index (χ1) is 8.53. The number of methoxy groups -OCH3 is 3. The van der Waals surface area contributed by atoms with Crippen molar-refractivity contribution < 1.29 is 19.0 Å². The van der Waals surface area contributed by atoms with Gasteiger partial charge in [0.05, 0.1) is 27.0 Å². The third-order valence-corrected chi connectivity index (χ3v) is 2.32. The Labute approximate surface area is 106 Å². The van der Waals surface area contributed by atoms with Gasteiger partial charge >= 0.3 is 6.03 Å². The van der Waals surface area contributed by atoms with Crippen LogP contribution in [0, 0.1) is 0 Å². The SMILES string of the molecule is COc1cc(NC(=O)N(C)C)cc(OC)c1OC. The first-order valence-corrected chi connectivity index (χ1v) is 5.31. The summed E-state index contributed by atoms with van der Waals surface area (Å²) in [6.07, 6.45) is 0. The molecule has 0 aliphatic rings. The molecule has 0 spiro atoms. The minimum atomic E-state index is -0.232. The molecule has 0 bridgehead atoms. The lowest BCUT2D eigenvalue weighted by Crippen LogP contribution is -2.27. The Morgan fingerprint density at radius 1 is 1.06 bits per heavy atom. The van der Waals surface area contributed by atoms with Crippen LogP contribution < -0.4 is 19.5 Å². The Morgan fingerprint density at radius 2 is 1.56 bits per heavy atom. The molecule has 0 heterocycles. The number of carbonyl (C=O) groups excluding carboxylic acids is 1. The molecule has 0 radical (unpaired) electrons. The molecule has 0 unspecified atom stereocenters. The Morgan fingerprint density at radius 3 is 1.89 bits per heavy atom. The predicted molar refractivity (Wildman–Crippen MR) is 68.8 cm³/mol. The van der Waals surface area contributed by atoms with Crippen molar-refractivity contribution in [3.63, 3.8) is 0 Å². The third kappa shape index (κ3) is 2.97. The first kappa shape index (κ1) is 14.0. The number of benzene rings is 1. The van der Waals surface area contributed by atoms with Crippen LogP contribution in [0.4, 0.5) is 10.5 Å². The molecule has 18 heavy (non-hydrogen) atoms. The van der Waals surface area contributed by atoms with Crippen LogP contribution in [0.5, 0.6) is 17.2 Å². The van der Waals surface area contributed by atoms with E-state index in [0.717, 1.165) is 0 Å². The van der Waals surface area contributed by atoms with Crippen LogP contribution in [-0.4, -0.2) is 46.4 Å². The van der Waals surface area contributed by atoms with E-state index in [0.29, 0.717) is 22.9 Å². The molecule has 0 aromatic heterocycles. The summed E-state index contributed by atoms with van der Waals surface area (Å²) in [5.74, 6) is 1.47. The van der Waals surface area contributed by atoms with Crippen molar-refractivity contribution in [2.45, 2.75) is 0 Å². The minimum Gasteiger partial charge on any atom is -0.493 e. The fourth-order valence-electron chi connectivity index (χ4n) is 1.39. The van der Waals surface area contributed by atoms with E-state index in [1.54, 1.807) is 26.2 Å². The highest BCUT2D eigenvalue weighted by Crippen LogP contribution is 2.39. The second kappa shape index (κ2) is 6.00. The van der Waals surface area contributed by atoms with E-state index in [9.17, 15) is 4.79 Å². The molecular weight excluding hydrogens is 236 g/mol. The monoisotopic (exact) mass is 254 g/mol. The molecule has 1 rings (SSSR count). The van der Waals surface area contributed by atoms with E-state index in [2.05, 4.69) is 5.32 Å². The Kier molecular flexibility index (Phi) is 4.65. The number of carbonyl (C=O) groups is 1. The van der Waals surface area contributed by atoms with Crippen LogP contribution in [0.1, 0.15) is 0 Å². The second-order valence-corrected chi connectivity index (χ2v) is 3.74. The number of nitrogens with zero attached hydrogens (tertiary/aromatic N) is 1. The molecule has 2 amide bonds. The lowest BCUT2D eigenvalue weighted by molar-refractivity contribution is 0.230. The highest BCUT2D eigenvalue weighted by Gasteiger charge is 2.14. The van der Waals surface area contributed by atoms with Crippen molar-refractivity contribution >= 4 is 11.7 Å². The zero-order valence-corrected chi connectivity index (χ0v) is 11.2. The molecule has 6 nitrogen and oxygen atoms in total. The van der Waals surface area contributed by atoms with Crippen LogP contribution in [0.15, 0.2) is 12.1 Å². The highest BCUT2D eigenvalue weighted by atomic mass is 16.5. The molecule has 1 N–H and O–H groups in total. The molecule has 0 saturated heterocycles. The van der Waals surface area contributed by atoms with E-state index < -0.39 is 0 Å². The van der Waals surface area contributed by atoms with Gasteiger partial charge < -0.3 is 24.4 Å². The first-order valence-electron chi connectivity index (χ1n) is 5.31. The molecule has 100 valence electrons. The zero-order chi connectivity index (χ0) is 13.7. The Bertz CT molecular complexity index is 407. The van der Waals surface area contributed by atoms with E-state index >= 15 is 0 Å². The number of rotatable bonds is 4. The molecule has 0 atom stereocenters. The average Bonchev–Trinajstić information content (AvgIpc) is 2.37. The van der Waals surface area contributed by atoms with Gasteiger partial charge in [0.15, 0.2) is 11.5 Å². The van der Waals surface area contributed by atoms with E-state index in [-0.39, 0.29) is 6.03 Å². The average molecular weight is 254 g/mol. The van der Waals surface area contributed by atoms with Gasteiger partial charge in [-0.05, 0) is 0 Å². The largest absolute Gasteiger partial charge is 0.493 e. The lowest BCUT2D eigenvalue weighted by Gasteiger charge is -2.16. The molecule has 6 heteroatoms. The van der Waals surface area contributed by atoms with Gasteiger partial charge in [0.25, 0.3) is 0 Å². The van der Waals surface area contributed by atoms with Crippen molar-refractivity contribution in [2.75, 3.05) is 40.7 Å². The molecular formula is C12H18N2O4. The number of urea groups is 1. The van der Waals surface area contributed by atoms with Gasteiger partial charge in [0.2, 0.25) is 5.75 Å². The summed E-state index contributed by atoms with van der Waals surface area (Å²) >= 11 is 0. The number of hydrogen-bond donors (Lipinski definition) is 1. The second-order valence-electron chi connectivity index (χ2n) is 3.74. The standard InChI is InChI=1S/C12H18N2O4/c1-14(2)12(15)13-8-6-9(16-3)11(18-5)10(7-8)17-4/h6-7H,1-5H3,(H,13,15). The van der Waals surface area contributed by atoms with Crippen molar-refractivity contribution in [3.8, 4) is 17.2 Å². The van der Waals surface area contributed by atoms with Gasteiger partial charge in [-0.25, -0.2) is 4.79 Å². The maximum absolute atomic E-state index is 11.6. The summed E-state index contributed by atoms with van der Waals surface area (Å²) in [7, 11) is 7.89. The van der Waals surface area contributed by atoms with Crippen LogP contribution in [-0.2, 0) is 0 Å². The number of ether oxygens (including phenoxy) is 3. The Hall–Kier alpha value is -2.11. The minimum absolute atomic E-state index is 0.232. The van der Waals surface area contributed by atoms with Crippen LogP contribution in [0.2, 0.25) is 0 Å². The van der Waals surface area contributed by atoms with Gasteiger partial charge in [-0.1, -0.05) is 0 Å². The summed E-state index contributed by atoms with van der Waals surface area (Å²) in [6.45, 7) is 0. The summed E-state index contributed by atoms with van der Waals surface area (Å²) in [5.41, 5.74) is 0.572. The smallest absolute Gasteiger partial charge is 0.321 e. The van der Waals surface area contributed by atoms with Crippen molar-refractivity contribution in [3.05, 3.63) is 12.1 Å². The van der Waals surface area contributed by atoms with Crippen molar-refractivity contribution in [2.24, 2.45) is 0 Å². The van der Waals surface area contributed by atoms with Crippen molar-refractivity contribution in [1.29, 1.82) is 0 Å². The van der Waals surface area contributed by atoms with Gasteiger partial charge in [-0.3, -0.25) is 0 Å². The quantitative estimate of drug-likeness (QED) is 0.890. The zero-order valence-electron chi connectivity index (χ0n) is 11.2. The molecule has 0 aliphatic heterocycles. The van der Waals surface area contributed by atoms with Gasteiger partial charge in [0, 0.05) is 26.2 Å².